The molecule has 2 heterocycles. The third-order valence-corrected chi connectivity index (χ3v) is 3.71. The third-order valence-electron chi connectivity index (χ3n) is 2.94. The quantitative estimate of drug-likeness (QED) is 0.734. The molecule has 0 aliphatic rings. The van der Waals surface area contributed by atoms with Crippen molar-refractivity contribution >= 4 is 27.9 Å². The van der Waals surface area contributed by atoms with Crippen molar-refractivity contribution in [1.82, 2.24) is 9.38 Å². The molecule has 3 rings (SSSR count). The predicted molar refractivity (Wildman–Crippen MR) is 76.9 cm³/mol. The van der Waals surface area contributed by atoms with Crippen LogP contribution in [0.4, 0.5) is 5.69 Å². The van der Waals surface area contributed by atoms with Gasteiger partial charge < -0.3 is 4.90 Å². The number of para-hydroxylation sites is 1. The third kappa shape index (κ3) is 2.13. The first-order valence-electron chi connectivity index (χ1n) is 6.08. The van der Waals surface area contributed by atoms with E-state index in [2.05, 4.69) is 4.98 Å². The van der Waals surface area contributed by atoms with E-state index in [4.69, 9.17) is 0 Å². The minimum Gasteiger partial charge on any atom is -0.307 e. The number of carbonyl (C=O) groups excluding carboxylic acids is 1. The second kappa shape index (κ2) is 4.85. The largest absolute Gasteiger partial charge is 0.307 e. The van der Waals surface area contributed by atoms with Crippen molar-refractivity contribution in [3.05, 3.63) is 53.8 Å². The zero-order valence-electron chi connectivity index (χ0n) is 10.5. The highest BCUT2D eigenvalue weighted by Crippen LogP contribution is 2.18. The Morgan fingerprint density at radius 3 is 2.84 bits per heavy atom. The summed E-state index contributed by atoms with van der Waals surface area (Å²) in [6.45, 7) is 2.58. The van der Waals surface area contributed by atoms with Gasteiger partial charge in [0.1, 0.15) is 5.69 Å². The minimum atomic E-state index is -0.0652. The van der Waals surface area contributed by atoms with Crippen LogP contribution in [0.3, 0.4) is 0 Å². The lowest BCUT2D eigenvalue weighted by Gasteiger charge is -2.19. The average Bonchev–Trinajstić information content (AvgIpc) is 3.01. The number of anilines is 1. The molecule has 0 bridgehead atoms. The van der Waals surface area contributed by atoms with Crippen LogP contribution in [0, 0.1) is 0 Å². The molecule has 0 aliphatic carbocycles. The van der Waals surface area contributed by atoms with Gasteiger partial charge in [0.25, 0.3) is 5.91 Å². The second-order valence-electron chi connectivity index (χ2n) is 4.10. The zero-order chi connectivity index (χ0) is 13.2. The summed E-state index contributed by atoms with van der Waals surface area (Å²) in [7, 11) is 0. The minimum absolute atomic E-state index is 0.0652. The van der Waals surface area contributed by atoms with Crippen LogP contribution in [-0.4, -0.2) is 21.8 Å². The predicted octanol–water partition coefficient (Wildman–Crippen LogP) is 3.06. The van der Waals surface area contributed by atoms with Gasteiger partial charge in [0.2, 0.25) is 0 Å². The molecular formula is C14H13N3OS. The molecular weight excluding hydrogens is 258 g/mol. The summed E-state index contributed by atoms with van der Waals surface area (Å²) in [5, 5.41) is 1.95. The molecule has 1 aromatic carbocycles. The van der Waals surface area contributed by atoms with Gasteiger partial charge in [-0.3, -0.25) is 9.20 Å². The second-order valence-corrected chi connectivity index (χ2v) is 4.98. The first kappa shape index (κ1) is 11.9. The molecule has 0 unspecified atom stereocenters. The molecule has 0 radical (unpaired) electrons. The Hall–Kier alpha value is -2.14. The number of fused-ring (bicyclic) bond motifs is 1. The topological polar surface area (TPSA) is 37.6 Å². The van der Waals surface area contributed by atoms with Crippen LogP contribution in [-0.2, 0) is 0 Å². The summed E-state index contributed by atoms with van der Waals surface area (Å²) in [6.07, 6.45) is 3.68. The smallest absolute Gasteiger partial charge is 0.278 e. The molecule has 0 saturated carbocycles. The molecule has 4 nitrogen and oxygen atoms in total. The molecule has 0 atom stereocenters. The summed E-state index contributed by atoms with van der Waals surface area (Å²) >= 11 is 1.52. The Labute approximate surface area is 114 Å². The normalized spacial score (nSPS) is 10.8. The Balaban J connectivity index is 1.95. The first-order chi connectivity index (χ1) is 9.29. The van der Waals surface area contributed by atoms with Gasteiger partial charge in [-0.1, -0.05) is 18.2 Å². The number of benzene rings is 1. The summed E-state index contributed by atoms with van der Waals surface area (Å²) in [5.41, 5.74) is 1.38. The van der Waals surface area contributed by atoms with E-state index in [-0.39, 0.29) is 5.91 Å². The average molecular weight is 271 g/mol. The fraction of sp³-hybridized carbons (Fsp3) is 0.143. The van der Waals surface area contributed by atoms with E-state index in [0.717, 1.165) is 10.6 Å². The SMILES string of the molecule is CCN(C(=O)c1cn2ccsc2n1)c1ccccc1. The van der Waals surface area contributed by atoms with Crippen LogP contribution in [0.2, 0.25) is 0 Å². The van der Waals surface area contributed by atoms with Crippen molar-refractivity contribution in [2.45, 2.75) is 6.92 Å². The Morgan fingerprint density at radius 2 is 2.16 bits per heavy atom. The standard InChI is InChI=1S/C14H13N3OS/c1-2-17(11-6-4-3-5-7-11)13(18)12-10-16-8-9-19-14(16)15-12/h3-10H,2H2,1H3. The van der Waals surface area contributed by atoms with Gasteiger partial charge in [0, 0.05) is 30.0 Å². The molecule has 0 fully saturated rings. The molecule has 0 N–H and O–H groups in total. The van der Waals surface area contributed by atoms with Crippen LogP contribution >= 0.6 is 11.3 Å². The lowest BCUT2D eigenvalue weighted by molar-refractivity contribution is 0.0984. The van der Waals surface area contributed by atoms with Crippen LogP contribution in [0.5, 0.6) is 0 Å². The molecule has 19 heavy (non-hydrogen) atoms. The van der Waals surface area contributed by atoms with Crippen LogP contribution in [0.1, 0.15) is 17.4 Å². The monoisotopic (exact) mass is 271 g/mol. The fourth-order valence-electron chi connectivity index (χ4n) is 2.02. The molecule has 2 aromatic heterocycles. The van der Waals surface area contributed by atoms with Crippen LogP contribution in [0.25, 0.3) is 4.96 Å². The van der Waals surface area contributed by atoms with Gasteiger partial charge in [-0.2, -0.15) is 0 Å². The van der Waals surface area contributed by atoms with Gasteiger partial charge in [-0.15, -0.1) is 11.3 Å². The maximum absolute atomic E-state index is 12.5. The van der Waals surface area contributed by atoms with Crippen molar-refractivity contribution < 1.29 is 4.79 Å². The molecule has 5 heteroatoms. The Morgan fingerprint density at radius 1 is 1.37 bits per heavy atom. The summed E-state index contributed by atoms with van der Waals surface area (Å²) in [4.78, 5) is 19.4. The van der Waals surface area contributed by atoms with Crippen molar-refractivity contribution in [2.24, 2.45) is 0 Å². The Bertz CT molecular complexity index is 673. The zero-order valence-corrected chi connectivity index (χ0v) is 11.3. The highest BCUT2D eigenvalue weighted by atomic mass is 32.1. The van der Waals surface area contributed by atoms with Gasteiger partial charge in [0.15, 0.2) is 4.96 Å². The van der Waals surface area contributed by atoms with Crippen molar-refractivity contribution in [1.29, 1.82) is 0 Å². The number of hydrogen-bond donors (Lipinski definition) is 0. The maximum atomic E-state index is 12.5. The van der Waals surface area contributed by atoms with Gasteiger partial charge >= 0.3 is 0 Å². The van der Waals surface area contributed by atoms with Gasteiger partial charge in [0.05, 0.1) is 0 Å². The van der Waals surface area contributed by atoms with E-state index in [1.807, 2.05) is 53.2 Å². The molecule has 0 spiro atoms. The molecule has 0 aliphatic heterocycles. The van der Waals surface area contributed by atoms with E-state index in [1.165, 1.54) is 11.3 Å². The van der Waals surface area contributed by atoms with E-state index >= 15 is 0 Å². The first-order valence-corrected chi connectivity index (χ1v) is 6.96. The van der Waals surface area contributed by atoms with E-state index in [0.29, 0.717) is 12.2 Å². The lowest BCUT2D eigenvalue weighted by atomic mass is 10.2. The molecule has 1 amide bonds. The number of rotatable bonds is 3. The number of nitrogens with zero attached hydrogens (tertiary/aromatic N) is 3. The van der Waals surface area contributed by atoms with Crippen molar-refractivity contribution in [2.75, 3.05) is 11.4 Å². The number of imidazole rings is 1. The van der Waals surface area contributed by atoms with Gasteiger partial charge in [-0.05, 0) is 19.1 Å². The number of amides is 1. The van der Waals surface area contributed by atoms with Crippen molar-refractivity contribution in [3.63, 3.8) is 0 Å². The number of hydrogen-bond acceptors (Lipinski definition) is 3. The lowest BCUT2D eigenvalue weighted by Crippen LogP contribution is -2.30. The molecule has 3 aromatic rings. The summed E-state index contributed by atoms with van der Waals surface area (Å²) in [5.74, 6) is -0.0652. The van der Waals surface area contributed by atoms with Crippen LogP contribution in [0.15, 0.2) is 48.1 Å². The Kier molecular flexibility index (Phi) is 3.05. The molecule has 96 valence electrons. The highest BCUT2D eigenvalue weighted by molar-refractivity contribution is 7.15. The highest BCUT2D eigenvalue weighted by Gasteiger charge is 2.19. The van der Waals surface area contributed by atoms with Crippen LogP contribution < -0.4 is 4.90 Å². The van der Waals surface area contributed by atoms with Gasteiger partial charge in [-0.25, -0.2) is 4.98 Å². The molecule has 0 saturated heterocycles. The number of aromatic nitrogens is 2. The van der Waals surface area contributed by atoms with E-state index in [1.54, 1.807) is 11.1 Å². The maximum Gasteiger partial charge on any atom is 0.278 e. The summed E-state index contributed by atoms with van der Waals surface area (Å²) in [6, 6.07) is 9.65. The fourth-order valence-corrected chi connectivity index (χ4v) is 2.72. The summed E-state index contributed by atoms with van der Waals surface area (Å²) < 4.78 is 1.87. The van der Waals surface area contributed by atoms with E-state index < -0.39 is 0 Å². The van der Waals surface area contributed by atoms with E-state index in [9.17, 15) is 4.79 Å². The number of thiazole rings is 1. The number of carbonyl (C=O) groups is 1. The van der Waals surface area contributed by atoms with Crippen molar-refractivity contribution in [3.8, 4) is 0 Å².